The van der Waals surface area contributed by atoms with Crippen LogP contribution < -0.4 is 5.32 Å². The Bertz CT molecular complexity index is 280. The van der Waals surface area contributed by atoms with E-state index in [1.54, 1.807) is 0 Å². The molecule has 0 atom stereocenters. The third kappa shape index (κ3) is 1.96. The first-order valence-corrected chi connectivity index (χ1v) is 5.21. The second kappa shape index (κ2) is 4.11. The van der Waals surface area contributed by atoms with E-state index in [0.717, 1.165) is 38.4 Å². The Balaban J connectivity index is 2.02. The number of aromatic amines is 1. The van der Waals surface area contributed by atoms with Crippen molar-refractivity contribution in [2.24, 2.45) is 0 Å². The second-order valence-electron chi connectivity index (χ2n) is 3.94. The first kappa shape index (κ1) is 9.68. The number of hydrogen-bond donors (Lipinski definition) is 2. The molecule has 0 unspecified atom stereocenters. The van der Waals surface area contributed by atoms with Gasteiger partial charge in [-0.3, -0.25) is 10.00 Å². The summed E-state index contributed by atoms with van der Waals surface area (Å²) in [5, 5.41) is 10.6. The SMILES string of the molecule is Cc1n[nH]c(C)c1CN1CCNCC1. The highest BCUT2D eigenvalue weighted by atomic mass is 15.2. The smallest absolute Gasteiger partial charge is 0.0639 e. The van der Waals surface area contributed by atoms with Crippen LogP contribution in [-0.4, -0.2) is 41.3 Å². The van der Waals surface area contributed by atoms with Crippen molar-refractivity contribution in [3.05, 3.63) is 17.0 Å². The fourth-order valence-corrected chi connectivity index (χ4v) is 1.90. The molecule has 1 saturated heterocycles. The molecule has 1 aliphatic heterocycles. The van der Waals surface area contributed by atoms with E-state index < -0.39 is 0 Å². The minimum absolute atomic E-state index is 1.04. The topological polar surface area (TPSA) is 44.0 Å². The summed E-state index contributed by atoms with van der Waals surface area (Å²) >= 11 is 0. The maximum Gasteiger partial charge on any atom is 0.0639 e. The van der Waals surface area contributed by atoms with E-state index >= 15 is 0 Å². The largest absolute Gasteiger partial charge is 0.314 e. The van der Waals surface area contributed by atoms with Gasteiger partial charge in [0.15, 0.2) is 0 Å². The van der Waals surface area contributed by atoms with Gasteiger partial charge in [0.2, 0.25) is 0 Å². The van der Waals surface area contributed by atoms with Gasteiger partial charge in [0.1, 0.15) is 0 Å². The first-order valence-electron chi connectivity index (χ1n) is 5.21. The molecule has 0 spiro atoms. The number of nitrogens with one attached hydrogen (secondary N) is 2. The third-order valence-corrected chi connectivity index (χ3v) is 2.87. The van der Waals surface area contributed by atoms with Gasteiger partial charge in [-0.1, -0.05) is 0 Å². The molecule has 0 saturated carbocycles. The first-order chi connectivity index (χ1) is 6.77. The summed E-state index contributed by atoms with van der Waals surface area (Å²) in [6.45, 7) is 9.70. The third-order valence-electron chi connectivity index (χ3n) is 2.87. The van der Waals surface area contributed by atoms with E-state index in [1.165, 1.54) is 11.3 Å². The lowest BCUT2D eigenvalue weighted by Gasteiger charge is -2.27. The quantitative estimate of drug-likeness (QED) is 0.717. The molecule has 1 aromatic rings. The zero-order chi connectivity index (χ0) is 9.97. The Hall–Kier alpha value is -0.870. The van der Waals surface area contributed by atoms with Crippen molar-refractivity contribution >= 4 is 0 Å². The number of H-pyrrole nitrogens is 1. The molecule has 1 aliphatic rings. The lowest BCUT2D eigenvalue weighted by atomic mass is 10.2. The molecule has 2 N–H and O–H groups in total. The van der Waals surface area contributed by atoms with Crippen molar-refractivity contribution in [2.45, 2.75) is 20.4 Å². The fourth-order valence-electron chi connectivity index (χ4n) is 1.90. The normalized spacial score (nSPS) is 18.7. The summed E-state index contributed by atoms with van der Waals surface area (Å²) in [5.74, 6) is 0. The molecule has 14 heavy (non-hydrogen) atoms. The van der Waals surface area contributed by atoms with Crippen molar-refractivity contribution in [2.75, 3.05) is 26.2 Å². The molecule has 2 heterocycles. The van der Waals surface area contributed by atoms with Gasteiger partial charge in [-0.2, -0.15) is 5.10 Å². The molecule has 1 aromatic heterocycles. The van der Waals surface area contributed by atoms with E-state index in [-0.39, 0.29) is 0 Å². The van der Waals surface area contributed by atoms with E-state index in [2.05, 4.69) is 34.3 Å². The summed E-state index contributed by atoms with van der Waals surface area (Å²) in [5.41, 5.74) is 3.72. The molecule has 0 aromatic carbocycles. The minimum atomic E-state index is 1.04. The molecule has 78 valence electrons. The zero-order valence-corrected chi connectivity index (χ0v) is 8.93. The van der Waals surface area contributed by atoms with Gasteiger partial charge in [0.25, 0.3) is 0 Å². The van der Waals surface area contributed by atoms with Crippen LogP contribution in [0.3, 0.4) is 0 Å². The molecule has 4 heteroatoms. The van der Waals surface area contributed by atoms with Gasteiger partial charge in [-0.05, 0) is 13.8 Å². The van der Waals surface area contributed by atoms with E-state index in [4.69, 9.17) is 0 Å². The Morgan fingerprint density at radius 3 is 2.57 bits per heavy atom. The number of aromatic nitrogens is 2. The molecule has 4 nitrogen and oxygen atoms in total. The van der Waals surface area contributed by atoms with Gasteiger partial charge < -0.3 is 5.32 Å². The Morgan fingerprint density at radius 1 is 1.29 bits per heavy atom. The predicted molar refractivity (Wildman–Crippen MR) is 56.2 cm³/mol. The number of hydrogen-bond acceptors (Lipinski definition) is 3. The Morgan fingerprint density at radius 2 is 2.00 bits per heavy atom. The zero-order valence-electron chi connectivity index (χ0n) is 8.93. The molecule has 1 fully saturated rings. The monoisotopic (exact) mass is 194 g/mol. The summed E-state index contributed by atoms with van der Waals surface area (Å²) in [4.78, 5) is 2.47. The lowest BCUT2D eigenvalue weighted by molar-refractivity contribution is 0.232. The van der Waals surface area contributed by atoms with Crippen molar-refractivity contribution < 1.29 is 0 Å². The van der Waals surface area contributed by atoms with E-state index in [9.17, 15) is 0 Å². The Kier molecular flexibility index (Phi) is 2.84. The number of aryl methyl sites for hydroxylation is 2. The van der Waals surface area contributed by atoms with Crippen molar-refractivity contribution in [3.8, 4) is 0 Å². The van der Waals surface area contributed by atoms with Gasteiger partial charge in [-0.25, -0.2) is 0 Å². The summed E-state index contributed by atoms with van der Waals surface area (Å²) in [6, 6.07) is 0. The van der Waals surface area contributed by atoms with Gasteiger partial charge in [0, 0.05) is 44.0 Å². The number of piperazine rings is 1. The fraction of sp³-hybridized carbons (Fsp3) is 0.700. The van der Waals surface area contributed by atoms with Crippen LogP contribution in [0.5, 0.6) is 0 Å². The van der Waals surface area contributed by atoms with Crippen LogP contribution in [-0.2, 0) is 6.54 Å². The highest BCUT2D eigenvalue weighted by molar-refractivity contribution is 5.22. The van der Waals surface area contributed by atoms with Crippen LogP contribution >= 0.6 is 0 Å². The van der Waals surface area contributed by atoms with Crippen LogP contribution in [0.2, 0.25) is 0 Å². The van der Waals surface area contributed by atoms with E-state index in [1.807, 2.05) is 0 Å². The second-order valence-corrected chi connectivity index (χ2v) is 3.94. The number of nitrogens with zero attached hydrogens (tertiary/aromatic N) is 2. The molecule has 0 aliphatic carbocycles. The molecule has 2 rings (SSSR count). The minimum Gasteiger partial charge on any atom is -0.314 e. The van der Waals surface area contributed by atoms with E-state index in [0.29, 0.717) is 0 Å². The average molecular weight is 194 g/mol. The Labute approximate surface area is 84.7 Å². The summed E-state index contributed by atoms with van der Waals surface area (Å²) in [6.07, 6.45) is 0. The van der Waals surface area contributed by atoms with Gasteiger partial charge in [0.05, 0.1) is 5.69 Å². The average Bonchev–Trinajstić information content (AvgIpc) is 2.51. The van der Waals surface area contributed by atoms with Crippen LogP contribution in [0, 0.1) is 13.8 Å². The lowest BCUT2D eigenvalue weighted by Crippen LogP contribution is -2.43. The van der Waals surface area contributed by atoms with Crippen LogP contribution in [0.25, 0.3) is 0 Å². The summed E-state index contributed by atoms with van der Waals surface area (Å²) < 4.78 is 0. The standard InChI is InChI=1S/C10H18N4/c1-8-10(9(2)13-12-8)7-14-5-3-11-4-6-14/h11H,3-7H2,1-2H3,(H,12,13). The van der Waals surface area contributed by atoms with Crippen molar-refractivity contribution in [1.29, 1.82) is 0 Å². The molecule has 0 radical (unpaired) electrons. The van der Waals surface area contributed by atoms with Gasteiger partial charge >= 0.3 is 0 Å². The van der Waals surface area contributed by atoms with Crippen molar-refractivity contribution in [3.63, 3.8) is 0 Å². The van der Waals surface area contributed by atoms with Crippen LogP contribution in [0.4, 0.5) is 0 Å². The molecule has 0 bridgehead atoms. The molecular formula is C10H18N4. The van der Waals surface area contributed by atoms with Crippen LogP contribution in [0.1, 0.15) is 17.0 Å². The number of rotatable bonds is 2. The molecule has 0 amide bonds. The highest BCUT2D eigenvalue weighted by Gasteiger charge is 2.13. The van der Waals surface area contributed by atoms with Gasteiger partial charge in [-0.15, -0.1) is 0 Å². The molecular weight excluding hydrogens is 176 g/mol. The highest BCUT2D eigenvalue weighted by Crippen LogP contribution is 2.12. The summed E-state index contributed by atoms with van der Waals surface area (Å²) in [7, 11) is 0. The van der Waals surface area contributed by atoms with Crippen LogP contribution in [0.15, 0.2) is 0 Å². The maximum atomic E-state index is 4.21. The maximum absolute atomic E-state index is 4.21. The predicted octanol–water partition coefficient (Wildman–Crippen LogP) is 0.432. The van der Waals surface area contributed by atoms with Crippen molar-refractivity contribution in [1.82, 2.24) is 20.4 Å².